The molecule has 2 unspecified atom stereocenters. The summed E-state index contributed by atoms with van der Waals surface area (Å²) in [7, 11) is 0. The fraction of sp³-hybridized carbons (Fsp3) is 0.778. The summed E-state index contributed by atoms with van der Waals surface area (Å²) in [6.45, 7) is 0.886. The molecule has 1 rings (SSSR count). The first-order chi connectivity index (χ1) is 8.23. The molecule has 0 aromatic carbocycles. The molecule has 0 spiro atoms. The lowest BCUT2D eigenvalue weighted by Gasteiger charge is -2.36. The van der Waals surface area contributed by atoms with Gasteiger partial charge in [-0.2, -0.15) is 0 Å². The molecule has 2 atom stereocenters. The number of carbonyl (C=O) groups excluding carboxylic acids is 2. The monoisotopic (exact) mass is 261 g/mol. The summed E-state index contributed by atoms with van der Waals surface area (Å²) in [4.78, 5) is 32.4. The van der Waals surface area contributed by atoms with Crippen LogP contribution in [0.3, 0.4) is 0 Å². The number of carboxylic acid groups (broad SMARTS) is 2. The molecule has 1 heterocycles. The zero-order valence-electron chi connectivity index (χ0n) is 9.93. The van der Waals surface area contributed by atoms with E-state index in [4.69, 9.17) is 0 Å². The molecule has 0 amide bonds. The fourth-order valence-electron chi connectivity index (χ4n) is 2.41. The van der Waals surface area contributed by atoms with Gasteiger partial charge in [0, 0.05) is 11.8 Å². The van der Waals surface area contributed by atoms with Crippen LogP contribution in [0, 0.1) is 10.1 Å². The predicted octanol–water partition coefficient (Wildman–Crippen LogP) is -6.74. The van der Waals surface area contributed by atoms with Gasteiger partial charge in [0.05, 0.1) is 11.9 Å². The van der Waals surface area contributed by atoms with Crippen LogP contribution in [0.5, 0.6) is 0 Å². The lowest BCUT2D eigenvalue weighted by Crippen LogP contribution is -3.37. The van der Waals surface area contributed by atoms with E-state index in [9.17, 15) is 29.9 Å². The van der Waals surface area contributed by atoms with Gasteiger partial charge in [-0.3, -0.25) is 19.9 Å². The van der Waals surface area contributed by atoms with Crippen molar-refractivity contribution in [3.05, 3.63) is 10.1 Å². The molecule has 0 bridgehead atoms. The number of carbonyl (C=O) groups is 2. The molecule has 9 nitrogen and oxygen atoms in total. The van der Waals surface area contributed by atoms with Gasteiger partial charge >= 0.3 is 5.54 Å². The fourth-order valence-corrected chi connectivity index (χ4v) is 2.41. The standard InChI is InChI=1S/C9H15N3O6/c1-9(12(17)18)4-10(2-7(13)14)6-11(5-9)3-8(15)16/h2-6H2,1H3,(H,13,14)(H,15,16). The molecule has 0 saturated carbocycles. The van der Waals surface area contributed by atoms with Crippen molar-refractivity contribution in [1.82, 2.24) is 0 Å². The van der Waals surface area contributed by atoms with Crippen molar-refractivity contribution in [3.63, 3.8) is 0 Å². The average Bonchev–Trinajstić information content (AvgIpc) is 2.13. The molecular weight excluding hydrogens is 246 g/mol. The Balaban J connectivity index is 2.81. The average molecular weight is 261 g/mol. The Hall–Kier alpha value is -1.74. The number of rotatable bonds is 5. The molecule has 0 aliphatic carbocycles. The normalized spacial score (nSPS) is 31.8. The van der Waals surface area contributed by atoms with Crippen LogP contribution in [-0.4, -0.2) is 55.2 Å². The molecule has 1 aliphatic heterocycles. The maximum absolute atomic E-state index is 11.0. The minimum absolute atomic E-state index is 0.0323. The Labute approximate surface area is 103 Å². The second kappa shape index (κ2) is 5.27. The molecule has 0 aromatic heterocycles. The number of nitro groups is 1. The molecule has 1 fully saturated rings. The summed E-state index contributed by atoms with van der Waals surface area (Å²) in [5.74, 6) is -2.63. The maximum atomic E-state index is 11.0. The summed E-state index contributed by atoms with van der Waals surface area (Å²) in [6.07, 6.45) is 0. The third-order valence-corrected chi connectivity index (χ3v) is 2.99. The van der Waals surface area contributed by atoms with E-state index in [-0.39, 0.29) is 32.8 Å². The van der Waals surface area contributed by atoms with Crippen molar-refractivity contribution >= 4 is 11.9 Å². The van der Waals surface area contributed by atoms with Gasteiger partial charge in [-0.1, -0.05) is 0 Å². The number of nitrogens with one attached hydrogen (secondary N) is 2. The molecular formula is C9H15N3O6. The van der Waals surface area contributed by atoms with Gasteiger partial charge < -0.3 is 19.8 Å². The number of nitrogens with zero attached hydrogens (tertiary/aromatic N) is 1. The second-order valence-electron chi connectivity index (χ2n) is 4.88. The number of hydrogen-bond acceptors (Lipinski definition) is 6. The van der Waals surface area contributed by atoms with Crippen molar-refractivity contribution < 1.29 is 34.5 Å². The number of aliphatic carboxylic acids is 2. The van der Waals surface area contributed by atoms with Gasteiger partial charge in [-0.05, 0) is 0 Å². The van der Waals surface area contributed by atoms with Crippen LogP contribution in [0.4, 0.5) is 0 Å². The SMILES string of the molecule is CC1([N+](=O)[O-])C[NH+](CC(=O)[O-])C[NH+](CC(=O)[O-])C1. The van der Waals surface area contributed by atoms with Gasteiger partial charge in [-0.15, -0.1) is 0 Å². The predicted molar refractivity (Wildman–Crippen MR) is 51.7 cm³/mol. The highest BCUT2D eigenvalue weighted by Gasteiger charge is 2.50. The zero-order chi connectivity index (χ0) is 13.9. The third kappa shape index (κ3) is 3.64. The van der Waals surface area contributed by atoms with E-state index < -0.39 is 22.4 Å². The first-order valence-electron chi connectivity index (χ1n) is 5.44. The summed E-state index contributed by atoms with van der Waals surface area (Å²) in [6, 6.07) is 0. The lowest BCUT2D eigenvalue weighted by atomic mass is 9.99. The van der Waals surface area contributed by atoms with Crippen molar-refractivity contribution in [1.29, 1.82) is 0 Å². The van der Waals surface area contributed by atoms with Gasteiger partial charge in [0.15, 0.2) is 13.1 Å². The molecule has 0 aromatic rings. The van der Waals surface area contributed by atoms with Crippen molar-refractivity contribution in [2.75, 3.05) is 32.8 Å². The molecule has 0 radical (unpaired) electrons. The maximum Gasteiger partial charge on any atom is 0.314 e. The van der Waals surface area contributed by atoms with Crippen LogP contribution in [-0.2, 0) is 9.59 Å². The molecule has 102 valence electrons. The van der Waals surface area contributed by atoms with Crippen molar-refractivity contribution in [2.45, 2.75) is 12.5 Å². The third-order valence-electron chi connectivity index (χ3n) is 2.99. The Morgan fingerprint density at radius 3 is 1.83 bits per heavy atom. The molecule has 2 N–H and O–H groups in total. The van der Waals surface area contributed by atoms with Crippen LogP contribution in [0.15, 0.2) is 0 Å². The van der Waals surface area contributed by atoms with E-state index in [1.165, 1.54) is 6.92 Å². The number of hydrogen-bond donors (Lipinski definition) is 2. The van der Waals surface area contributed by atoms with E-state index in [0.717, 1.165) is 0 Å². The van der Waals surface area contributed by atoms with E-state index in [0.29, 0.717) is 9.80 Å². The van der Waals surface area contributed by atoms with E-state index in [1.54, 1.807) is 0 Å². The van der Waals surface area contributed by atoms with Gasteiger partial charge in [-0.25, -0.2) is 0 Å². The lowest BCUT2D eigenvalue weighted by molar-refractivity contribution is -1.11. The topological polar surface area (TPSA) is 132 Å². The number of carboxylic acids is 2. The highest BCUT2D eigenvalue weighted by Crippen LogP contribution is 2.04. The largest absolute Gasteiger partial charge is 0.544 e. The van der Waals surface area contributed by atoms with Crippen LogP contribution in [0.2, 0.25) is 0 Å². The summed E-state index contributed by atoms with van der Waals surface area (Å²) >= 11 is 0. The van der Waals surface area contributed by atoms with Crippen LogP contribution >= 0.6 is 0 Å². The quantitative estimate of drug-likeness (QED) is 0.373. The van der Waals surface area contributed by atoms with Gasteiger partial charge in [0.25, 0.3) is 0 Å². The molecule has 18 heavy (non-hydrogen) atoms. The Morgan fingerprint density at radius 2 is 1.56 bits per heavy atom. The molecule has 1 aliphatic rings. The second-order valence-corrected chi connectivity index (χ2v) is 4.88. The Morgan fingerprint density at radius 1 is 1.17 bits per heavy atom. The first-order valence-corrected chi connectivity index (χ1v) is 5.44. The highest BCUT2D eigenvalue weighted by atomic mass is 16.6. The Bertz CT molecular complexity index is 347. The summed E-state index contributed by atoms with van der Waals surface area (Å²) in [5, 5.41) is 32.1. The van der Waals surface area contributed by atoms with E-state index in [1.807, 2.05) is 0 Å². The first kappa shape index (κ1) is 14.3. The van der Waals surface area contributed by atoms with E-state index >= 15 is 0 Å². The van der Waals surface area contributed by atoms with Crippen LogP contribution < -0.4 is 20.0 Å². The minimum atomic E-state index is -1.34. The highest BCUT2D eigenvalue weighted by molar-refractivity contribution is 5.65. The van der Waals surface area contributed by atoms with Crippen molar-refractivity contribution in [2.24, 2.45) is 0 Å². The van der Waals surface area contributed by atoms with Crippen molar-refractivity contribution in [3.8, 4) is 0 Å². The van der Waals surface area contributed by atoms with Crippen LogP contribution in [0.25, 0.3) is 0 Å². The van der Waals surface area contributed by atoms with E-state index in [2.05, 4.69) is 0 Å². The number of quaternary nitrogens is 2. The zero-order valence-corrected chi connectivity index (χ0v) is 9.93. The molecule has 9 heteroatoms. The molecule has 1 saturated heterocycles. The van der Waals surface area contributed by atoms with Gasteiger partial charge in [0.2, 0.25) is 6.67 Å². The van der Waals surface area contributed by atoms with Gasteiger partial charge in [0.1, 0.15) is 13.1 Å². The smallest absolute Gasteiger partial charge is 0.314 e. The Kier molecular flexibility index (Phi) is 4.19. The summed E-state index contributed by atoms with van der Waals surface area (Å²) in [5.41, 5.74) is -1.34. The van der Waals surface area contributed by atoms with Crippen LogP contribution in [0.1, 0.15) is 6.92 Å². The minimum Gasteiger partial charge on any atom is -0.544 e. The summed E-state index contributed by atoms with van der Waals surface area (Å²) < 4.78 is 0.